The topological polar surface area (TPSA) is 38.3 Å². The van der Waals surface area contributed by atoms with E-state index in [0.29, 0.717) is 17.9 Å². The van der Waals surface area contributed by atoms with Crippen LogP contribution < -0.4 is 5.32 Å². The molecular weight excluding hydrogens is 238 g/mol. The zero-order valence-electron chi connectivity index (χ0n) is 12.3. The van der Waals surface area contributed by atoms with Crippen LogP contribution in [0.15, 0.2) is 0 Å². The Hall–Kier alpha value is -0.570. The van der Waals surface area contributed by atoms with Crippen molar-refractivity contribution >= 4 is 5.97 Å². The first-order chi connectivity index (χ1) is 9.11. The summed E-state index contributed by atoms with van der Waals surface area (Å²) in [5.74, 6) is 2.88. The standard InChI is InChI=1S/C16H27NO2/c1-11(17-4-3-15(18)19-2)16-8-12-5-13(9-16)7-14(6-12)10-16/h11-14,17H,3-10H2,1-2H3. The van der Waals surface area contributed by atoms with Crippen LogP contribution in [0.5, 0.6) is 0 Å². The van der Waals surface area contributed by atoms with Crippen LogP contribution in [-0.4, -0.2) is 25.7 Å². The molecule has 3 nitrogen and oxygen atoms in total. The van der Waals surface area contributed by atoms with Crippen molar-refractivity contribution in [3.8, 4) is 0 Å². The molecule has 4 aliphatic carbocycles. The molecule has 1 unspecified atom stereocenters. The zero-order chi connectivity index (χ0) is 13.5. The van der Waals surface area contributed by atoms with Gasteiger partial charge in [-0.25, -0.2) is 0 Å². The number of carbonyl (C=O) groups is 1. The number of rotatable bonds is 5. The van der Waals surface area contributed by atoms with Gasteiger partial charge in [0, 0.05) is 12.6 Å². The molecule has 0 aliphatic heterocycles. The first-order valence-electron chi connectivity index (χ1n) is 7.91. The number of hydrogen-bond donors (Lipinski definition) is 1. The number of hydrogen-bond acceptors (Lipinski definition) is 3. The third-order valence-corrected chi connectivity index (χ3v) is 6.01. The molecule has 0 aromatic heterocycles. The Morgan fingerprint density at radius 2 is 1.74 bits per heavy atom. The van der Waals surface area contributed by atoms with Gasteiger partial charge in [-0.3, -0.25) is 4.79 Å². The van der Waals surface area contributed by atoms with Gasteiger partial charge in [0.2, 0.25) is 0 Å². The quantitative estimate of drug-likeness (QED) is 0.777. The van der Waals surface area contributed by atoms with E-state index in [9.17, 15) is 4.79 Å². The lowest BCUT2D eigenvalue weighted by atomic mass is 9.48. The van der Waals surface area contributed by atoms with Crippen molar-refractivity contribution in [2.75, 3.05) is 13.7 Å². The Labute approximate surface area is 116 Å². The Bertz CT molecular complexity index is 317. The second-order valence-electron chi connectivity index (χ2n) is 7.28. The summed E-state index contributed by atoms with van der Waals surface area (Å²) in [5.41, 5.74) is 0.533. The largest absolute Gasteiger partial charge is 0.469 e. The molecule has 3 heteroatoms. The fourth-order valence-electron chi connectivity index (χ4n) is 5.42. The van der Waals surface area contributed by atoms with E-state index in [4.69, 9.17) is 4.74 Å². The Morgan fingerprint density at radius 3 is 2.21 bits per heavy atom. The van der Waals surface area contributed by atoms with Crippen molar-refractivity contribution in [3.63, 3.8) is 0 Å². The highest BCUT2D eigenvalue weighted by Crippen LogP contribution is 2.61. The summed E-state index contributed by atoms with van der Waals surface area (Å²) >= 11 is 0. The predicted molar refractivity (Wildman–Crippen MR) is 74.7 cm³/mol. The van der Waals surface area contributed by atoms with E-state index < -0.39 is 0 Å². The van der Waals surface area contributed by atoms with Gasteiger partial charge in [-0.05, 0) is 68.6 Å². The normalized spacial score (nSPS) is 41.3. The molecule has 0 amide bonds. The predicted octanol–water partition coefficient (Wildman–Crippen LogP) is 2.74. The molecule has 4 saturated carbocycles. The van der Waals surface area contributed by atoms with E-state index in [1.54, 1.807) is 0 Å². The maximum Gasteiger partial charge on any atom is 0.306 e. The Morgan fingerprint density at radius 1 is 1.21 bits per heavy atom. The molecule has 4 fully saturated rings. The summed E-state index contributed by atoms with van der Waals surface area (Å²) in [6.45, 7) is 3.10. The molecule has 1 N–H and O–H groups in total. The van der Waals surface area contributed by atoms with Gasteiger partial charge in [0.05, 0.1) is 13.5 Å². The minimum Gasteiger partial charge on any atom is -0.469 e. The summed E-state index contributed by atoms with van der Waals surface area (Å²) in [7, 11) is 1.46. The Balaban J connectivity index is 1.57. The monoisotopic (exact) mass is 265 g/mol. The molecule has 108 valence electrons. The first-order valence-corrected chi connectivity index (χ1v) is 7.91. The van der Waals surface area contributed by atoms with Crippen LogP contribution in [-0.2, 0) is 9.53 Å². The molecule has 4 rings (SSSR count). The fraction of sp³-hybridized carbons (Fsp3) is 0.938. The average molecular weight is 265 g/mol. The van der Waals surface area contributed by atoms with Crippen LogP contribution in [0.25, 0.3) is 0 Å². The van der Waals surface area contributed by atoms with Crippen molar-refractivity contribution in [1.82, 2.24) is 5.32 Å². The van der Waals surface area contributed by atoms with E-state index in [-0.39, 0.29) is 5.97 Å². The smallest absolute Gasteiger partial charge is 0.306 e. The van der Waals surface area contributed by atoms with Crippen molar-refractivity contribution in [3.05, 3.63) is 0 Å². The van der Waals surface area contributed by atoms with Crippen LogP contribution in [0.2, 0.25) is 0 Å². The fourth-order valence-corrected chi connectivity index (χ4v) is 5.42. The molecule has 19 heavy (non-hydrogen) atoms. The number of methoxy groups -OCH3 is 1. The lowest BCUT2D eigenvalue weighted by Gasteiger charge is -2.59. The summed E-state index contributed by atoms with van der Waals surface area (Å²) in [5, 5.41) is 3.60. The number of carbonyl (C=O) groups excluding carboxylic acids is 1. The second kappa shape index (κ2) is 5.08. The molecule has 0 radical (unpaired) electrons. The average Bonchev–Trinajstić information content (AvgIpc) is 2.36. The summed E-state index contributed by atoms with van der Waals surface area (Å²) < 4.78 is 4.70. The third kappa shape index (κ3) is 2.54. The molecule has 0 aromatic carbocycles. The molecule has 4 aliphatic rings. The molecule has 0 heterocycles. The van der Waals surface area contributed by atoms with Crippen LogP contribution >= 0.6 is 0 Å². The lowest BCUT2D eigenvalue weighted by Crippen LogP contribution is -2.55. The minimum absolute atomic E-state index is 0.106. The van der Waals surface area contributed by atoms with Crippen LogP contribution in [0.3, 0.4) is 0 Å². The molecule has 4 bridgehead atoms. The van der Waals surface area contributed by atoms with Crippen LogP contribution in [0.1, 0.15) is 51.9 Å². The highest BCUT2D eigenvalue weighted by atomic mass is 16.5. The maximum atomic E-state index is 11.2. The van der Waals surface area contributed by atoms with Crippen molar-refractivity contribution in [2.45, 2.75) is 57.9 Å². The van der Waals surface area contributed by atoms with Crippen LogP contribution in [0, 0.1) is 23.2 Å². The van der Waals surface area contributed by atoms with Gasteiger partial charge < -0.3 is 10.1 Å². The van der Waals surface area contributed by atoms with E-state index in [1.165, 1.54) is 45.6 Å². The van der Waals surface area contributed by atoms with Gasteiger partial charge in [-0.15, -0.1) is 0 Å². The van der Waals surface area contributed by atoms with E-state index in [1.807, 2.05) is 0 Å². The molecular formula is C16H27NO2. The van der Waals surface area contributed by atoms with Gasteiger partial charge in [-0.1, -0.05) is 0 Å². The molecule has 0 spiro atoms. The first kappa shape index (κ1) is 13.4. The number of nitrogens with one attached hydrogen (secondary N) is 1. The highest BCUT2D eigenvalue weighted by Gasteiger charge is 2.52. The molecule has 0 saturated heterocycles. The third-order valence-electron chi connectivity index (χ3n) is 6.01. The van der Waals surface area contributed by atoms with Gasteiger partial charge in [0.25, 0.3) is 0 Å². The van der Waals surface area contributed by atoms with Crippen molar-refractivity contribution < 1.29 is 9.53 Å². The van der Waals surface area contributed by atoms with E-state index in [2.05, 4.69) is 12.2 Å². The number of ether oxygens (including phenoxy) is 1. The minimum atomic E-state index is -0.106. The van der Waals surface area contributed by atoms with Crippen molar-refractivity contribution in [1.29, 1.82) is 0 Å². The van der Waals surface area contributed by atoms with Gasteiger partial charge in [0.1, 0.15) is 0 Å². The van der Waals surface area contributed by atoms with Crippen LogP contribution in [0.4, 0.5) is 0 Å². The zero-order valence-corrected chi connectivity index (χ0v) is 12.3. The molecule has 1 atom stereocenters. The maximum absolute atomic E-state index is 11.2. The Kier molecular flexibility index (Phi) is 3.59. The van der Waals surface area contributed by atoms with Gasteiger partial charge >= 0.3 is 5.97 Å². The summed E-state index contributed by atoms with van der Waals surface area (Å²) in [6, 6.07) is 0.547. The van der Waals surface area contributed by atoms with Crippen molar-refractivity contribution in [2.24, 2.45) is 23.2 Å². The van der Waals surface area contributed by atoms with E-state index in [0.717, 1.165) is 24.3 Å². The summed E-state index contributed by atoms with van der Waals surface area (Å²) in [6.07, 6.45) is 9.24. The lowest BCUT2D eigenvalue weighted by molar-refractivity contribution is -0.140. The summed E-state index contributed by atoms with van der Waals surface area (Å²) in [4.78, 5) is 11.2. The SMILES string of the molecule is COC(=O)CCNC(C)C12CC3CC(CC(C3)C1)C2. The second-order valence-corrected chi connectivity index (χ2v) is 7.28. The van der Waals surface area contributed by atoms with Gasteiger partial charge in [-0.2, -0.15) is 0 Å². The highest BCUT2D eigenvalue weighted by molar-refractivity contribution is 5.69. The van der Waals surface area contributed by atoms with Gasteiger partial charge in [0.15, 0.2) is 0 Å². The number of esters is 1. The van der Waals surface area contributed by atoms with E-state index >= 15 is 0 Å². The molecule has 0 aromatic rings.